The Hall–Kier alpha value is -2.28. The zero-order valence-electron chi connectivity index (χ0n) is 10.9. The maximum absolute atomic E-state index is 12.9. The number of carbonyl (C=O) groups excluding carboxylic acids is 3. The van der Waals surface area contributed by atoms with E-state index in [1.165, 1.54) is 12.1 Å². The van der Waals surface area contributed by atoms with Crippen molar-refractivity contribution < 1.29 is 23.2 Å². The van der Waals surface area contributed by atoms with Crippen molar-refractivity contribution in [2.75, 3.05) is 0 Å². The van der Waals surface area contributed by atoms with E-state index < -0.39 is 23.2 Å². The van der Waals surface area contributed by atoms with Crippen LogP contribution in [0.1, 0.15) is 32.0 Å². The zero-order chi connectivity index (χ0) is 16.0. The van der Waals surface area contributed by atoms with E-state index in [0.29, 0.717) is 0 Å². The summed E-state index contributed by atoms with van der Waals surface area (Å²) in [5.74, 6) is -2.82. The van der Waals surface area contributed by atoms with Gasteiger partial charge in [0.25, 0.3) is 0 Å². The second kappa shape index (κ2) is 5.17. The lowest BCUT2D eigenvalue weighted by Gasteiger charge is -2.12. The van der Waals surface area contributed by atoms with Gasteiger partial charge in [-0.05, 0) is 45.7 Å². The number of benzene rings is 1. The standard InChI is InChI=1S/C15H5BBrFO4/c16-10-11(17)15-9(13(20)14(10)21)8(5-22-15)12(19)6-1-3-7(18)4-2-6/h1-5H. The van der Waals surface area contributed by atoms with Gasteiger partial charge >= 0.3 is 0 Å². The zero-order valence-corrected chi connectivity index (χ0v) is 12.4. The van der Waals surface area contributed by atoms with Gasteiger partial charge in [-0.1, -0.05) is 0 Å². The van der Waals surface area contributed by atoms with Crippen molar-refractivity contribution in [2.24, 2.45) is 0 Å². The van der Waals surface area contributed by atoms with Gasteiger partial charge in [-0.15, -0.1) is 0 Å². The van der Waals surface area contributed by atoms with Crippen LogP contribution in [0, 0.1) is 5.82 Å². The second-order valence-corrected chi connectivity index (χ2v) is 5.37. The highest BCUT2D eigenvalue weighted by molar-refractivity contribution is 9.15. The summed E-state index contributed by atoms with van der Waals surface area (Å²) in [5, 5.41) is 0. The third-order valence-electron chi connectivity index (χ3n) is 3.26. The number of ketones is 3. The van der Waals surface area contributed by atoms with E-state index in [1.54, 1.807) is 0 Å². The molecule has 7 heteroatoms. The fourth-order valence-electron chi connectivity index (χ4n) is 2.13. The third-order valence-corrected chi connectivity index (χ3v) is 4.04. The smallest absolute Gasteiger partial charge is 0.236 e. The molecule has 0 bridgehead atoms. The highest BCUT2D eigenvalue weighted by Crippen LogP contribution is 2.36. The Labute approximate surface area is 133 Å². The molecule has 2 radical (unpaired) electrons. The van der Waals surface area contributed by atoms with Crippen molar-refractivity contribution in [1.29, 1.82) is 0 Å². The van der Waals surface area contributed by atoms with Crippen molar-refractivity contribution in [3.8, 4) is 0 Å². The average Bonchev–Trinajstić information content (AvgIpc) is 2.96. The highest BCUT2D eigenvalue weighted by atomic mass is 79.9. The van der Waals surface area contributed by atoms with Crippen molar-refractivity contribution in [2.45, 2.75) is 0 Å². The first-order chi connectivity index (χ1) is 10.4. The Kier molecular flexibility index (Phi) is 3.45. The lowest BCUT2D eigenvalue weighted by Crippen LogP contribution is -2.24. The van der Waals surface area contributed by atoms with Crippen LogP contribution < -0.4 is 0 Å². The number of carbonyl (C=O) groups is 3. The van der Waals surface area contributed by atoms with Gasteiger partial charge in [-0.3, -0.25) is 14.4 Å². The van der Waals surface area contributed by atoms with Gasteiger partial charge in [0.1, 0.15) is 19.9 Å². The van der Waals surface area contributed by atoms with Crippen LogP contribution in [0.2, 0.25) is 0 Å². The maximum atomic E-state index is 12.9. The van der Waals surface area contributed by atoms with Gasteiger partial charge in [0.15, 0.2) is 11.5 Å². The summed E-state index contributed by atoms with van der Waals surface area (Å²) < 4.78 is 18.3. The summed E-state index contributed by atoms with van der Waals surface area (Å²) >= 11 is 3.08. The molecule has 2 aromatic rings. The quantitative estimate of drug-likeness (QED) is 0.470. The van der Waals surface area contributed by atoms with Crippen LogP contribution in [-0.2, 0) is 4.79 Å². The number of furan rings is 1. The molecule has 0 fully saturated rings. The minimum absolute atomic E-state index is 0.0348. The molecule has 1 aliphatic rings. The van der Waals surface area contributed by atoms with E-state index in [0.717, 1.165) is 18.4 Å². The normalized spacial score (nSPS) is 14.3. The van der Waals surface area contributed by atoms with Crippen molar-refractivity contribution in [1.82, 2.24) is 0 Å². The van der Waals surface area contributed by atoms with E-state index in [9.17, 15) is 18.8 Å². The van der Waals surface area contributed by atoms with E-state index in [4.69, 9.17) is 12.3 Å². The Balaban J connectivity index is 2.14. The molecule has 106 valence electrons. The molecule has 0 saturated carbocycles. The molecule has 0 spiro atoms. The molecule has 0 N–H and O–H groups in total. The van der Waals surface area contributed by atoms with Crippen molar-refractivity contribution in [3.05, 3.63) is 64.3 Å². The lowest BCUT2D eigenvalue weighted by atomic mass is 9.81. The first-order valence-electron chi connectivity index (χ1n) is 6.08. The van der Waals surface area contributed by atoms with E-state index >= 15 is 0 Å². The molecular formula is C15H5BBrFO4. The summed E-state index contributed by atoms with van der Waals surface area (Å²) in [6.45, 7) is 0. The molecule has 1 aliphatic carbocycles. The molecule has 0 unspecified atom stereocenters. The molecule has 22 heavy (non-hydrogen) atoms. The van der Waals surface area contributed by atoms with Gasteiger partial charge in [0.05, 0.1) is 15.6 Å². The fraction of sp³-hybridized carbons (Fsp3) is 0. The van der Waals surface area contributed by atoms with Crippen LogP contribution in [0.4, 0.5) is 4.39 Å². The van der Waals surface area contributed by atoms with Crippen LogP contribution in [0.25, 0.3) is 4.48 Å². The molecule has 0 amide bonds. The molecule has 1 aromatic carbocycles. The molecular weight excluding hydrogens is 354 g/mol. The second-order valence-electron chi connectivity index (χ2n) is 4.58. The third kappa shape index (κ3) is 2.09. The minimum atomic E-state index is -0.908. The molecule has 0 saturated heterocycles. The molecule has 4 nitrogen and oxygen atoms in total. The summed E-state index contributed by atoms with van der Waals surface area (Å²) in [4.78, 5) is 36.3. The van der Waals surface area contributed by atoms with E-state index in [2.05, 4.69) is 15.9 Å². The fourth-order valence-corrected chi connectivity index (χ4v) is 2.60. The molecule has 3 rings (SSSR count). The monoisotopic (exact) mass is 358 g/mol. The molecule has 1 heterocycles. The number of Topliss-reactive ketones (excluding diaryl/α,β-unsaturated/α-hetero) is 2. The average molecular weight is 359 g/mol. The number of allylic oxidation sites excluding steroid dienone is 1. The van der Waals surface area contributed by atoms with Crippen LogP contribution >= 0.6 is 15.9 Å². The summed E-state index contributed by atoms with van der Waals surface area (Å²) in [7, 11) is 5.52. The SMILES string of the molecule is [B]C1=C(Br)c2occ(C(=O)c3ccc(F)cc3)c2C(=O)C1=O. The first kappa shape index (κ1) is 14.7. The Morgan fingerprint density at radius 3 is 2.41 bits per heavy atom. The lowest BCUT2D eigenvalue weighted by molar-refractivity contribution is -0.111. The predicted octanol–water partition coefficient (Wildman–Crippen LogP) is 2.65. The Morgan fingerprint density at radius 2 is 1.77 bits per heavy atom. The van der Waals surface area contributed by atoms with Gasteiger partial charge in [0, 0.05) is 5.56 Å². The summed E-state index contributed by atoms with van der Waals surface area (Å²) in [6, 6.07) is 4.82. The van der Waals surface area contributed by atoms with E-state index in [-0.39, 0.29) is 32.4 Å². The first-order valence-corrected chi connectivity index (χ1v) is 6.87. The van der Waals surface area contributed by atoms with Crippen LogP contribution in [0.15, 0.2) is 40.4 Å². The van der Waals surface area contributed by atoms with Gasteiger partial charge in [-0.25, -0.2) is 4.39 Å². The Bertz CT molecular complexity index is 864. The number of hydrogen-bond acceptors (Lipinski definition) is 4. The number of hydrogen-bond donors (Lipinski definition) is 0. The molecule has 1 aromatic heterocycles. The molecule has 0 atom stereocenters. The number of fused-ring (bicyclic) bond motifs is 1. The van der Waals surface area contributed by atoms with Gasteiger partial charge < -0.3 is 4.42 Å². The molecule has 0 aliphatic heterocycles. The number of halogens is 2. The van der Waals surface area contributed by atoms with E-state index in [1.807, 2.05) is 0 Å². The summed E-state index contributed by atoms with van der Waals surface area (Å²) in [5.41, 5.74) is -0.304. The van der Waals surface area contributed by atoms with Crippen molar-refractivity contribution >= 4 is 45.6 Å². The predicted molar refractivity (Wildman–Crippen MR) is 79.5 cm³/mol. The topological polar surface area (TPSA) is 64.3 Å². The van der Waals surface area contributed by atoms with Crippen LogP contribution in [0.3, 0.4) is 0 Å². The Morgan fingerprint density at radius 1 is 1.14 bits per heavy atom. The number of rotatable bonds is 2. The van der Waals surface area contributed by atoms with Crippen LogP contribution in [0.5, 0.6) is 0 Å². The maximum Gasteiger partial charge on any atom is 0.236 e. The summed E-state index contributed by atoms with van der Waals surface area (Å²) in [6.07, 6.45) is 1.08. The largest absolute Gasteiger partial charge is 0.462 e. The van der Waals surface area contributed by atoms with Gasteiger partial charge in [0.2, 0.25) is 11.6 Å². The van der Waals surface area contributed by atoms with Crippen LogP contribution in [-0.4, -0.2) is 25.2 Å². The van der Waals surface area contributed by atoms with Crippen molar-refractivity contribution in [3.63, 3.8) is 0 Å². The van der Waals surface area contributed by atoms with Gasteiger partial charge in [-0.2, -0.15) is 0 Å². The minimum Gasteiger partial charge on any atom is -0.462 e. The highest BCUT2D eigenvalue weighted by Gasteiger charge is 2.36.